The largest absolute Gasteiger partial charge is 0.462 e. The van der Waals surface area contributed by atoms with Gasteiger partial charge in [-0.25, -0.2) is 4.39 Å². The van der Waals surface area contributed by atoms with Crippen molar-refractivity contribution in [1.29, 1.82) is 5.26 Å². The Labute approximate surface area is 208 Å². The zero-order valence-corrected chi connectivity index (χ0v) is 20.4. The van der Waals surface area contributed by atoms with E-state index in [1.54, 1.807) is 25.3 Å². The number of likely N-dealkylation sites (N-methyl/N-ethyl adjacent to an activating group) is 1. The van der Waals surface area contributed by atoms with E-state index in [9.17, 15) is 9.18 Å². The smallest absolute Gasteiger partial charge is 0.319 e. The average Bonchev–Trinajstić information content (AvgIpc) is 3.30. The Bertz CT molecular complexity index is 1370. The molecule has 1 aromatic carbocycles. The van der Waals surface area contributed by atoms with E-state index in [1.165, 1.54) is 10.7 Å². The molecule has 0 aliphatic carbocycles. The molecule has 2 aromatic heterocycles. The fraction of sp³-hybridized carbons (Fsp3) is 0.480. The summed E-state index contributed by atoms with van der Waals surface area (Å²) < 4.78 is 21.4. The van der Waals surface area contributed by atoms with Crippen LogP contribution in [0.3, 0.4) is 0 Å². The highest BCUT2D eigenvalue weighted by atomic mass is 19.1. The third kappa shape index (κ3) is 4.62. The highest BCUT2D eigenvalue weighted by molar-refractivity contribution is 5.88. The van der Waals surface area contributed by atoms with Gasteiger partial charge in [0, 0.05) is 37.3 Å². The van der Waals surface area contributed by atoms with Gasteiger partial charge in [-0.3, -0.25) is 4.79 Å². The number of hydrogen-bond donors (Lipinski definition) is 1. The van der Waals surface area contributed by atoms with Gasteiger partial charge in [-0.05, 0) is 45.5 Å². The van der Waals surface area contributed by atoms with Crippen molar-refractivity contribution in [2.45, 2.75) is 38.3 Å². The lowest BCUT2D eigenvalue weighted by Gasteiger charge is -2.34. The molecule has 2 aliphatic heterocycles. The molecule has 0 bridgehead atoms. The molecule has 2 atom stereocenters. The maximum atomic E-state index is 14.2. The molecule has 1 unspecified atom stereocenters. The summed E-state index contributed by atoms with van der Waals surface area (Å²) in [5.74, 6) is 0.130. The number of benzene rings is 1. The summed E-state index contributed by atoms with van der Waals surface area (Å²) in [7, 11) is 2.06. The van der Waals surface area contributed by atoms with Crippen molar-refractivity contribution in [2.24, 2.45) is 0 Å². The van der Waals surface area contributed by atoms with Gasteiger partial charge in [-0.2, -0.15) is 25.0 Å². The second-order valence-electron chi connectivity index (χ2n) is 9.38. The average molecular weight is 493 g/mol. The Balaban J connectivity index is 1.59. The first-order valence-corrected chi connectivity index (χ1v) is 12.2. The van der Waals surface area contributed by atoms with Gasteiger partial charge in [-0.15, -0.1) is 0 Å². The van der Waals surface area contributed by atoms with Gasteiger partial charge in [0.15, 0.2) is 0 Å². The first-order valence-electron chi connectivity index (χ1n) is 12.2. The topological polar surface area (TPSA) is 112 Å². The number of anilines is 1. The van der Waals surface area contributed by atoms with E-state index in [4.69, 9.17) is 15.0 Å². The van der Waals surface area contributed by atoms with E-state index in [0.29, 0.717) is 55.1 Å². The van der Waals surface area contributed by atoms with Crippen LogP contribution in [0.15, 0.2) is 29.2 Å². The Hall–Kier alpha value is -3.62. The third-order valence-electron chi connectivity index (χ3n) is 7.04. The van der Waals surface area contributed by atoms with E-state index < -0.39 is 11.4 Å². The van der Waals surface area contributed by atoms with Crippen LogP contribution in [-0.4, -0.2) is 76.6 Å². The van der Waals surface area contributed by atoms with Crippen molar-refractivity contribution in [1.82, 2.24) is 30.0 Å². The molecular weight excluding hydrogens is 463 g/mol. The van der Waals surface area contributed by atoms with Gasteiger partial charge in [0.2, 0.25) is 0 Å². The molecule has 0 saturated carbocycles. The number of nitrogens with one attached hydrogen (secondary N) is 1. The zero-order valence-electron chi connectivity index (χ0n) is 20.4. The van der Waals surface area contributed by atoms with Crippen LogP contribution in [0.25, 0.3) is 16.6 Å². The molecule has 2 fully saturated rings. The molecule has 0 spiro atoms. The quantitative estimate of drug-likeness (QED) is 0.550. The minimum absolute atomic E-state index is 0.0199. The number of likely N-dealkylation sites (tertiary alicyclic amines) is 1. The number of halogens is 1. The number of rotatable bonds is 6. The highest BCUT2D eigenvalue weighted by Crippen LogP contribution is 2.26. The fourth-order valence-electron chi connectivity index (χ4n) is 4.92. The third-order valence-corrected chi connectivity index (χ3v) is 7.04. The lowest BCUT2D eigenvalue weighted by Crippen LogP contribution is -2.51. The SMILES string of the molecule is Cc1c(F)cccc1-n1ncc2c(N3CCNC(CC#N)C3)nc(OC[C@@H]3CCCN3C)nc2c1=O. The molecular formula is C25H29FN8O2. The van der Waals surface area contributed by atoms with Gasteiger partial charge in [-0.1, -0.05) is 6.07 Å². The standard InChI is InChI=1S/C25H29FN8O2/c1-16-20(26)6-3-7-21(16)34-24(35)22-19(13-29-34)23(33-12-10-28-17(14-33)8-9-27)31-25(30-22)36-15-18-5-4-11-32(18)2/h3,6-7,13,17-18,28H,4-5,8,10-12,14-15H2,1-2H3/t17?,18-/m0/s1. The Kier molecular flexibility index (Phi) is 6.80. The fourth-order valence-corrected chi connectivity index (χ4v) is 4.92. The van der Waals surface area contributed by atoms with Crippen LogP contribution in [0.2, 0.25) is 0 Å². The molecule has 2 aliphatic rings. The van der Waals surface area contributed by atoms with Gasteiger partial charge < -0.3 is 19.9 Å². The van der Waals surface area contributed by atoms with Crippen LogP contribution in [0.1, 0.15) is 24.8 Å². The second kappa shape index (κ2) is 10.2. The van der Waals surface area contributed by atoms with Crippen molar-refractivity contribution in [2.75, 3.05) is 44.7 Å². The number of nitriles is 1. The van der Waals surface area contributed by atoms with E-state index in [1.807, 2.05) is 4.90 Å². The second-order valence-corrected chi connectivity index (χ2v) is 9.38. The van der Waals surface area contributed by atoms with Crippen molar-refractivity contribution in [3.8, 4) is 17.8 Å². The van der Waals surface area contributed by atoms with Crippen molar-refractivity contribution < 1.29 is 9.13 Å². The summed E-state index contributed by atoms with van der Waals surface area (Å²) in [4.78, 5) is 27.1. The zero-order chi connectivity index (χ0) is 25.2. The van der Waals surface area contributed by atoms with Crippen molar-refractivity contribution in [3.63, 3.8) is 0 Å². The monoisotopic (exact) mass is 492 g/mol. The number of hydrogen-bond acceptors (Lipinski definition) is 9. The van der Waals surface area contributed by atoms with Gasteiger partial charge in [0.1, 0.15) is 23.8 Å². The maximum Gasteiger partial charge on any atom is 0.319 e. The molecule has 10 nitrogen and oxygen atoms in total. The minimum atomic E-state index is -0.476. The van der Waals surface area contributed by atoms with Crippen molar-refractivity contribution in [3.05, 3.63) is 46.1 Å². The van der Waals surface area contributed by atoms with E-state index >= 15 is 0 Å². The van der Waals surface area contributed by atoms with Gasteiger partial charge in [0.05, 0.1) is 29.8 Å². The lowest BCUT2D eigenvalue weighted by atomic mass is 10.1. The van der Waals surface area contributed by atoms with E-state index in [-0.39, 0.29) is 23.6 Å². The first-order chi connectivity index (χ1) is 17.5. The molecule has 2 saturated heterocycles. The number of fused-ring (bicyclic) bond motifs is 1. The lowest BCUT2D eigenvalue weighted by molar-refractivity contribution is 0.188. The summed E-state index contributed by atoms with van der Waals surface area (Å²) in [6.45, 7) is 4.91. The van der Waals surface area contributed by atoms with Crippen molar-refractivity contribution >= 4 is 16.7 Å². The summed E-state index contributed by atoms with van der Waals surface area (Å²) in [5.41, 5.74) is 0.358. The van der Waals surface area contributed by atoms with E-state index in [0.717, 1.165) is 19.4 Å². The van der Waals surface area contributed by atoms with Crippen LogP contribution in [0, 0.1) is 24.1 Å². The number of aromatic nitrogens is 4. The Morgan fingerprint density at radius 2 is 2.17 bits per heavy atom. The van der Waals surface area contributed by atoms with Crippen LogP contribution in [0.4, 0.5) is 10.2 Å². The summed E-state index contributed by atoms with van der Waals surface area (Å²) >= 11 is 0. The molecule has 4 heterocycles. The molecule has 1 N–H and O–H groups in total. The molecule has 0 amide bonds. The first kappa shape index (κ1) is 24.1. The predicted molar refractivity (Wildman–Crippen MR) is 133 cm³/mol. The van der Waals surface area contributed by atoms with E-state index in [2.05, 4.69) is 33.4 Å². The summed E-state index contributed by atoms with van der Waals surface area (Å²) in [6.07, 6.45) is 4.05. The van der Waals surface area contributed by atoms with Gasteiger partial charge >= 0.3 is 6.01 Å². The Morgan fingerprint density at radius 3 is 2.94 bits per heavy atom. The summed E-state index contributed by atoms with van der Waals surface area (Å²) in [5, 5.41) is 17.4. The van der Waals surface area contributed by atoms with Gasteiger partial charge in [0.25, 0.3) is 5.56 Å². The van der Waals surface area contributed by atoms with Crippen LogP contribution >= 0.6 is 0 Å². The minimum Gasteiger partial charge on any atom is -0.462 e. The molecule has 5 rings (SSSR count). The molecule has 0 radical (unpaired) electrons. The normalized spacial score (nSPS) is 20.6. The molecule has 36 heavy (non-hydrogen) atoms. The number of piperazine rings is 1. The van der Waals surface area contributed by atoms with Crippen LogP contribution in [-0.2, 0) is 0 Å². The molecule has 188 valence electrons. The molecule has 3 aromatic rings. The Morgan fingerprint density at radius 1 is 1.31 bits per heavy atom. The highest BCUT2D eigenvalue weighted by Gasteiger charge is 2.26. The molecule has 11 heteroatoms. The van der Waals surface area contributed by atoms with Crippen LogP contribution in [0.5, 0.6) is 6.01 Å². The van der Waals surface area contributed by atoms with Crippen LogP contribution < -0.4 is 20.5 Å². The number of ether oxygens (including phenoxy) is 1. The number of nitrogens with zero attached hydrogens (tertiary/aromatic N) is 7. The summed E-state index contributed by atoms with van der Waals surface area (Å²) in [6, 6.07) is 7.12. The predicted octanol–water partition coefficient (Wildman–Crippen LogP) is 1.79. The maximum absolute atomic E-state index is 14.2.